The van der Waals surface area contributed by atoms with E-state index in [0.29, 0.717) is 17.2 Å². The molecule has 4 atom stereocenters. The second-order valence-corrected chi connectivity index (χ2v) is 6.11. The van der Waals surface area contributed by atoms with Gasteiger partial charge < -0.3 is 19.3 Å². The summed E-state index contributed by atoms with van der Waals surface area (Å²) in [7, 11) is 0. The molecule has 4 aliphatic rings. The summed E-state index contributed by atoms with van der Waals surface area (Å²) in [6.07, 6.45) is 3.00. The number of aliphatic hydroxyl groups is 1. The van der Waals surface area contributed by atoms with Crippen LogP contribution in [0.3, 0.4) is 0 Å². The fourth-order valence-electron chi connectivity index (χ4n) is 3.96. The highest BCUT2D eigenvalue weighted by atomic mass is 16.7. The third-order valence-electron chi connectivity index (χ3n) is 5.02. The van der Waals surface area contributed by atoms with Crippen LogP contribution in [0.1, 0.15) is 0 Å². The largest absolute Gasteiger partial charge is 0.454 e. The first-order chi connectivity index (χ1) is 11.1. The van der Waals surface area contributed by atoms with Crippen LogP contribution in [0.5, 0.6) is 11.5 Å². The average Bonchev–Trinajstić information content (AvgIpc) is 3.29. The first kappa shape index (κ1) is 13.1. The molecule has 118 valence electrons. The zero-order valence-electron chi connectivity index (χ0n) is 12.0. The van der Waals surface area contributed by atoms with Gasteiger partial charge >= 0.3 is 0 Å². The van der Waals surface area contributed by atoms with E-state index in [-0.39, 0.29) is 25.2 Å². The zero-order valence-corrected chi connectivity index (χ0v) is 12.0. The highest BCUT2D eigenvalue weighted by molar-refractivity contribution is 6.23. The van der Waals surface area contributed by atoms with Crippen LogP contribution >= 0.6 is 0 Å². The van der Waals surface area contributed by atoms with Crippen molar-refractivity contribution in [1.82, 2.24) is 0 Å². The predicted molar refractivity (Wildman–Crippen MR) is 75.9 cm³/mol. The summed E-state index contributed by atoms with van der Waals surface area (Å²) in [5.41, 5.74) is -0.626. The molecule has 2 amide bonds. The standard InChI is InChI=1S/C16H13NO6/c18-6-16-4-3-10(23-16)12-13(16)15(20)17(14(12)19)8-1-2-9-11(5-8)22-7-21-9/h1-5,10,12-13,18H,6-7H2/t10-,12-,13-,16-/m0/s1. The van der Waals surface area contributed by atoms with Crippen LogP contribution in [-0.2, 0) is 14.3 Å². The van der Waals surface area contributed by atoms with E-state index in [1.165, 1.54) is 4.90 Å². The molecular formula is C16H13NO6. The molecule has 0 saturated carbocycles. The van der Waals surface area contributed by atoms with E-state index in [0.717, 1.165) is 0 Å². The maximum atomic E-state index is 12.9. The van der Waals surface area contributed by atoms with E-state index in [1.807, 2.05) is 0 Å². The summed E-state index contributed by atoms with van der Waals surface area (Å²) in [5, 5.41) is 9.68. The van der Waals surface area contributed by atoms with Gasteiger partial charge in [-0.15, -0.1) is 0 Å². The van der Waals surface area contributed by atoms with Crippen LogP contribution in [0.25, 0.3) is 0 Å². The van der Waals surface area contributed by atoms with Crippen LogP contribution in [0.4, 0.5) is 5.69 Å². The number of hydrogen-bond donors (Lipinski definition) is 1. The van der Waals surface area contributed by atoms with Gasteiger partial charge in [-0.05, 0) is 12.1 Å². The highest BCUT2D eigenvalue weighted by Gasteiger charge is 2.67. The minimum atomic E-state index is -1.08. The second-order valence-electron chi connectivity index (χ2n) is 6.11. The topological polar surface area (TPSA) is 85.3 Å². The Hall–Kier alpha value is -2.38. The van der Waals surface area contributed by atoms with E-state index in [1.54, 1.807) is 30.4 Å². The van der Waals surface area contributed by atoms with Gasteiger partial charge in [0.1, 0.15) is 5.60 Å². The number of hydrogen-bond acceptors (Lipinski definition) is 6. The number of benzene rings is 1. The monoisotopic (exact) mass is 315 g/mol. The molecule has 1 aromatic rings. The number of anilines is 1. The molecule has 7 nitrogen and oxygen atoms in total. The number of carbonyl (C=O) groups is 2. The fraction of sp³-hybridized carbons (Fsp3) is 0.375. The van der Waals surface area contributed by atoms with Crippen LogP contribution in [0.15, 0.2) is 30.4 Å². The number of aliphatic hydroxyl groups excluding tert-OH is 1. The Balaban J connectivity index is 1.57. The fourth-order valence-corrected chi connectivity index (χ4v) is 3.96. The molecule has 2 saturated heterocycles. The molecular weight excluding hydrogens is 302 g/mol. The van der Waals surface area contributed by atoms with Gasteiger partial charge in [-0.2, -0.15) is 0 Å². The van der Waals surface area contributed by atoms with Gasteiger partial charge in [0.2, 0.25) is 18.6 Å². The third-order valence-corrected chi connectivity index (χ3v) is 5.02. The Morgan fingerprint density at radius 1 is 1.22 bits per heavy atom. The zero-order chi connectivity index (χ0) is 15.8. The molecule has 1 N–H and O–H groups in total. The van der Waals surface area contributed by atoms with Crippen molar-refractivity contribution >= 4 is 17.5 Å². The van der Waals surface area contributed by atoms with Crippen molar-refractivity contribution < 1.29 is 28.9 Å². The van der Waals surface area contributed by atoms with Crippen molar-refractivity contribution in [1.29, 1.82) is 0 Å². The Labute approximate surface area is 131 Å². The summed E-state index contributed by atoms with van der Waals surface area (Å²) in [5.74, 6) is -0.812. The first-order valence-corrected chi connectivity index (χ1v) is 7.40. The van der Waals surface area contributed by atoms with Gasteiger partial charge in [-0.1, -0.05) is 12.2 Å². The number of amides is 2. The Morgan fingerprint density at radius 3 is 2.87 bits per heavy atom. The van der Waals surface area contributed by atoms with Crippen LogP contribution in [0.2, 0.25) is 0 Å². The van der Waals surface area contributed by atoms with Crippen molar-refractivity contribution in [3.05, 3.63) is 30.4 Å². The van der Waals surface area contributed by atoms with E-state index < -0.39 is 23.5 Å². The van der Waals surface area contributed by atoms with E-state index in [9.17, 15) is 14.7 Å². The molecule has 7 heteroatoms. The third kappa shape index (κ3) is 1.46. The van der Waals surface area contributed by atoms with Gasteiger partial charge in [0.25, 0.3) is 0 Å². The Bertz CT molecular complexity index is 774. The normalized spacial score (nSPS) is 36.2. The Morgan fingerprint density at radius 2 is 2.04 bits per heavy atom. The van der Waals surface area contributed by atoms with E-state index in [4.69, 9.17) is 14.2 Å². The maximum Gasteiger partial charge on any atom is 0.241 e. The lowest BCUT2D eigenvalue weighted by Gasteiger charge is -2.26. The lowest BCUT2D eigenvalue weighted by atomic mass is 9.77. The van der Waals surface area contributed by atoms with Crippen molar-refractivity contribution in [3.8, 4) is 11.5 Å². The molecule has 5 rings (SSSR count). The second kappa shape index (κ2) is 4.12. The summed E-state index contributed by atoms with van der Waals surface area (Å²) in [6, 6.07) is 4.96. The van der Waals surface area contributed by atoms with Crippen molar-refractivity contribution in [2.75, 3.05) is 18.3 Å². The summed E-state index contributed by atoms with van der Waals surface area (Å²) in [4.78, 5) is 26.8. The molecule has 0 aromatic heterocycles. The highest BCUT2D eigenvalue weighted by Crippen LogP contribution is 2.52. The molecule has 23 heavy (non-hydrogen) atoms. The molecule has 1 aromatic carbocycles. The Kier molecular flexibility index (Phi) is 2.35. The number of rotatable bonds is 2. The molecule has 2 bridgehead atoms. The molecule has 4 aliphatic heterocycles. The minimum Gasteiger partial charge on any atom is -0.454 e. The van der Waals surface area contributed by atoms with Gasteiger partial charge in [0.15, 0.2) is 11.5 Å². The van der Waals surface area contributed by atoms with E-state index in [2.05, 4.69) is 0 Å². The van der Waals surface area contributed by atoms with Crippen LogP contribution in [-0.4, -0.2) is 42.0 Å². The van der Waals surface area contributed by atoms with Crippen molar-refractivity contribution in [3.63, 3.8) is 0 Å². The number of carbonyl (C=O) groups excluding carboxylic acids is 2. The minimum absolute atomic E-state index is 0.124. The molecule has 0 unspecified atom stereocenters. The lowest BCUT2D eigenvalue weighted by Crippen LogP contribution is -2.43. The SMILES string of the molecule is O=C1[C@H]2[C@@H]3C=C[C@@](CO)(O3)[C@@H]2C(=O)N1c1ccc2c(c1)OCO2. The van der Waals surface area contributed by atoms with Gasteiger partial charge in [-0.3, -0.25) is 9.59 Å². The van der Waals surface area contributed by atoms with E-state index >= 15 is 0 Å². The quantitative estimate of drug-likeness (QED) is 0.621. The number of nitrogens with zero attached hydrogens (tertiary/aromatic N) is 1. The molecule has 0 aliphatic carbocycles. The summed E-state index contributed by atoms with van der Waals surface area (Å²) >= 11 is 0. The number of fused-ring (bicyclic) bond motifs is 6. The lowest BCUT2D eigenvalue weighted by molar-refractivity contribution is -0.128. The van der Waals surface area contributed by atoms with Gasteiger partial charge in [-0.25, -0.2) is 4.90 Å². The van der Waals surface area contributed by atoms with Crippen LogP contribution < -0.4 is 14.4 Å². The number of ether oxygens (including phenoxy) is 3. The molecule has 0 spiro atoms. The average molecular weight is 315 g/mol. The molecule has 0 radical (unpaired) electrons. The van der Waals surface area contributed by atoms with Crippen LogP contribution in [0, 0.1) is 11.8 Å². The van der Waals surface area contributed by atoms with Crippen molar-refractivity contribution in [2.24, 2.45) is 11.8 Å². The summed E-state index contributed by atoms with van der Waals surface area (Å²) in [6.45, 7) is -0.200. The number of imide groups is 1. The van der Waals surface area contributed by atoms with Gasteiger partial charge in [0.05, 0.1) is 30.2 Å². The maximum absolute atomic E-state index is 12.9. The van der Waals surface area contributed by atoms with Gasteiger partial charge in [0, 0.05) is 6.07 Å². The predicted octanol–water partition coefficient (Wildman–Crippen LogP) is 0.221. The smallest absolute Gasteiger partial charge is 0.241 e. The molecule has 4 heterocycles. The summed E-state index contributed by atoms with van der Waals surface area (Å²) < 4.78 is 16.3. The molecule has 2 fully saturated rings. The first-order valence-electron chi connectivity index (χ1n) is 7.40. The van der Waals surface area contributed by atoms with Crippen molar-refractivity contribution in [2.45, 2.75) is 11.7 Å².